The molecular formula is C24H31N3O4S. The Balaban J connectivity index is 2.09. The van der Waals surface area contributed by atoms with E-state index < -0.39 is 16.5 Å². The average molecular weight is 458 g/mol. The van der Waals surface area contributed by atoms with Crippen LogP contribution in [0.2, 0.25) is 0 Å². The van der Waals surface area contributed by atoms with E-state index in [1.807, 2.05) is 52.0 Å². The molecule has 0 heterocycles. The summed E-state index contributed by atoms with van der Waals surface area (Å²) in [6, 6.07) is 13.5. The number of hydrogen-bond donors (Lipinski definition) is 1. The second-order valence-electron chi connectivity index (χ2n) is 8.78. The third-order valence-electron chi connectivity index (χ3n) is 4.91. The second kappa shape index (κ2) is 11.1. The Kier molecular flexibility index (Phi) is 8.83. The normalized spacial score (nSPS) is 12.2. The zero-order valence-corrected chi connectivity index (χ0v) is 20.1. The molecule has 7 nitrogen and oxygen atoms in total. The molecule has 1 atom stereocenters. The fraction of sp³-hybridized carbons (Fsp3) is 0.417. The number of aryl methyl sites for hydroxylation is 1. The van der Waals surface area contributed by atoms with E-state index in [0.29, 0.717) is 12.3 Å². The molecule has 1 N–H and O–H groups in total. The lowest BCUT2D eigenvalue weighted by Crippen LogP contribution is -2.52. The molecular weight excluding hydrogens is 426 g/mol. The predicted octanol–water partition coefficient (Wildman–Crippen LogP) is 4.47. The average Bonchev–Trinajstić information content (AvgIpc) is 2.71. The van der Waals surface area contributed by atoms with Crippen LogP contribution in [0.15, 0.2) is 48.5 Å². The number of non-ortho nitro benzene ring substituents is 1. The van der Waals surface area contributed by atoms with Gasteiger partial charge in [-0.1, -0.05) is 36.4 Å². The standard InChI is InChI=1S/C24H31N3O4S/c1-17-8-6-7-9-20(17)14-26(18(2)23(29)25-24(3,4)5)22(28)16-32-15-19-10-12-21(13-11-19)27(30)31/h6-13,18H,14-16H2,1-5H3,(H,25,29). The second-order valence-corrected chi connectivity index (χ2v) is 9.77. The lowest BCUT2D eigenvalue weighted by atomic mass is 10.1. The Hall–Kier alpha value is -2.87. The minimum absolute atomic E-state index is 0.0397. The van der Waals surface area contributed by atoms with Gasteiger partial charge in [0.1, 0.15) is 6.04 Å². The van der Waals surface area contributed by atoms with Crippen LogP contribution >= 0.6 is 11.8 Å². The van der Waals surface area contributed by atoms with Crippen LogP contribution in [0.25, 0.3) is 0 Å². The summed E-state index contributed by atoms with van der Waals surface area (Å²) in [6.07, 6.45) is 0. The first kappa shape index (κ1) is 25.4. The van der Waals surface area contributed by atoms with Crippen molar-refractivity contribution in [1.82, 2.24) is 10.2 Å². The Morgan fingerprint density at radius 3 is 2.31 bits per heavy atom. The molecule has 2 aromatic rings. The van der Waals surface area contributed by atoms with Crippen LogP contribution in [0.5, 0.6) is 0 Å². The summed E-state index contributed by atoms with van der Waals surface area (Å²) in [5.41, 5.74) is 2.60. The molecule has 0 radical (unpaired) electrons. The number of amides is 2. The molecule has 0 aromatic heterocycles. The molecule has 0 aliphatic heterocycles. The van der Waals surface area contributed by atoms with Gasteiger partial charge in [0.2, 0.25) is 11.8 Å². The third kappa shape index (κ3) is 7.67. The quantitative estimate of drug-likeness (QED) is 0.443. The number of carbonyl (C=O) groups excluding carboxylic acids is 2. The summed E-state index contributed by atoms with van der Waals surface area (Å²) in [5.74, 6) is 0.428. The van der Waals surface area contributed by atoms with Gasteiger partial charge in [0, 0.05) is 30.0 Å². The molecule has 0 aliphatic rings. The highest BCUT2D eigenvalue weighted by Gasteiger charge is 2.28. The highest BCUT2D eigenvalue weighted by molar-refractivity contribution is 7.99. The minimum atomic E-state index is -0.624. The maximum atomic E-state index is 13.1. The molecule has 0 saturated carbocycles. The largest absolute Gasteiger partial charge is 0.350 e. The summed E-state index contributed by atoms with van der Waals surface area (Å²) in [5, 5.41) is 13.7. The molecule has 0 bridgehead atoms. The summed E-state index contributed by atoms with van der Waals surface area (Å²) >= 11 is 1.42. The van der Waals surface area contributed by atoms with Gasteiger partial charge in [-0.15, -0.1) is 11.8 Å². The number of nitro groups is 1. The van der Waals surface area contributed by atoms with Gasteiger partial charge in [0.05, 0.1) is 10.7 Å². The van der Waals surface area contributed by atoms with E-state index in [0.717, 1.165) is 16.7 Å². The summed E-state index contributed by atoms with van der Waals surface area (Å²) in [7, 11) is 0. The van der Waals surface area contributed by atoms with Crippen molar-refractivity contribution in [2.45, 2.75) is 58.5 Å². The topological polar surface area (TPSA) is 92.6 Å². The molecule has 0 spiro atoms. The summed E-state index contributed by atoms with van der Waals surface area (Å²) < 4.78 is 0. The van der Waals surface area contributed by atoms with Crippen molar-refractivity contribution in [2.24, 2.45) is 0 Å². The van der Waals surface area contributed by atoms with Crippen LogP contribution in [0.4, 0.5) is 5.69 Å². The smallest absolute Gasteiger partial charge is 0.269 e. The number of thioether (sulfide) groups is 1. The number of rotatable bonds is 9. The molecule has 0 aliphatic carbocycles. The van der Waals surface area contributed by atoms with Crippen molar-refractivity contribution in [2.75, 3.05) is 5.75 Å². The summed E-state index contributed by atoms with van der Waals surface area (Å²) in [4.78, 5) is 37.9. The van der Waals surface area contributed by atoms with Gasteiger partial charge in [-0.05, 0) is 51.3 Å². The fourth-order valence-corrected chi connectivity index (χ4v) is 3.95. The molecule has 2 aromatic carbocycles. The van der Waals surface area contributed by atoms with E-state index in [1.54, 1.807) is 24.0 Å². The first-order chi connectivity index (χ1) is 15.0. The van der Waals surface area contributed by atoms with Crippen molar-refractivity contribution in [3.63, 3.8) is 0 Å². The molecule has 0 fully saturated rings. The Morgan fingerprint density at radius 1 is 1.12 bits per heavy atom. The Morgan fingerprint density at radius 2 is 1.75 bits per heavy atom. The van der Waals surface area contributed by atoms with Crippen molar-refractivity contribution in [3.05, 3.63) is 75.3 Å². The van der Waals surface area contributed by atoms with Gasteiger partial charge in [-0.3, -0.25) is 19.7 Å². The van der Waals surface area contributed by atoms with Gasteiger partial charge in [0.15, 0.2) is 0 Å². The maximum absolute atomic E-state index is 13.1. The number of hydrogen-bond acceptors (Lipinski definition) is 5. The maximum Gasteiger partial charge on any atom is 0.269 e. The van der Waals surface area contributed by atoms with Gasteiger partial charge in [0.25, 0.3) is 5.69 Å². The predicted molar refractivity (Wildman–Crippen MR) is 128 cm³/mol. The molecule has 0 saturated heterocycles. The van der Waals surface area contributed by atoms with Crippen LogP contribution in [-0.4, -0.2) is 39.0 Å². The van der Waals surface area contributed by atoms with Crippen molar-refractivity contribution in [3.8, 4) is 0 Å². The molecule has 32 heavy (non-hydrogen) atoms. The van der Waals surface area contributed by atoms with Crippen LogP contribution in [0.3, 0.4) is 0 Å². The molecule has 172 valence electrons. The number of nitro benzene ring substituents is 1. The Labute approximate surface area is 193 Å². The SMILES string of the molecule is Cc1ccccc1CN(C(=O)CSCc1ccc([N+](=O)[O-])cc1)C(C)C(=O)NC(C)(C)C. The molecule has 2 rings (SSSR count). The third-order valence-corrected chi connectivity index (χ3v) is 5.90. The monoisotopic (exact) mass is 457 g/mol. The van der Waals surface area contributed by atoms with Crippen molar-refractivity contribution >= 4 is 29.3 Å². The lowest BCUT2D eigenvalue weighted by Gasteiger charge is -2.31. The minimum Gasteiger partial charge on any atom is -0.350 e. The Bertz CT molecular complexity index is 954. The molecule has 2 amide bonds. The molecule has 1 unspecified atom stereocenters. The van der Waals surface area contributed by atoms with Crippen LogP contribution < -0.4 is 5.32 Å². The van der Waals surface area contributed by atoms with Crippen molar-refractivity contribution < 1.29 is 14.5 Å². The van der Waals surface area contributed by atoms with Gasteiger partial charge in [-0.2, -0.15) is 0 Å². The highest BCUT2D eigenvalue weighted by atomic mass is 32.2. The zero-order valence-electron chi connectivity index (χ0n) is 19.3. The van der Waals surface area contributed by atoms with E-state index in [9.17, 15) is 19.7 Å². The first-order valence-electron chi connectivity index (χ1n) is 10.4. The van der Waals surface area contributed by atoms with E-state index in [1.165, 1.54) is 23.9 Å². The van der Waals surface area contributed by atoms with Gasteiger partial charge in [-0.25, -0.2) is 0 Å². The molecule has 8 heteroatoms. The van der Waals surface area contributed by atoms with Gasteiger partial charge >= 0.3 is 0 Å². The fourth-order valence-electron chi connectivity index (χ4n) is 3.08. The van der Waals surface area contributed by atoms with Crippen LogP contribution in [-0.2, 0) is 21.9 Å². The van der Waals surface area contributed by atoms with Crippen LogP contribution in [0, 0.1) is 17.0 Å². The van der Waals surface area contributed by atoms with E-state index in [4.69, 9.17) is 0 Å². The van der Waals surface area contributed by atoms with E-state index in [-0.39, 0.29) is 23.3 Å². The number of carbonyl (C=O) groups is 2. The summed E-state index contributed by atoms with van der Waals surface area (Å²) in [6.45, 7) is 9.81. The van der Waals surface area contributed by atoms with Gasteiger partial charge < -0.3 is 10.2 Å². The number of nitrogens with one attached hydrogen (secondary N) is 1. The first-order valence-corrected chi connectivity index (χ1v) is 11.6. The number of nitrogens with zero attached hydrogens (tertiary/aromatic N) is 2. The van der Waals surface area contributed by atoms with Crippen molar-refractivity contribution in [1.29, 1.82) is 0 Å². The van der Waals surface area contributed by atoms with Crippen LogP contribution in [0.1, 0.15) is 44.4 Å². The number of benzene rings is 2. The highest BCUT2D eigenvalue weighted by Crippen LogP contribution is 2.19. The van der Waals surface area contributed by atoms with E-state index in [2.05, 4.69) is 5.32 Å². The van der Waals surface area contributed by atoms with E-state index >= 15 is 0 Å². The lowest BCUT2D eigenvalue weighted by molar-refractivity contribution is -0.384. The zero-order chi connectivity index (χ0) is 23.9.